The fourth-order valence-corrected chi connectivity index (χ4v) is 1.34. The van der Waals surface area contributed by atoms with Crippen LogP contribution in [0.4, 0.5) is 13.2 Å². The zero-order chi connectivity index (χ0) is 12.1. The molecule has 1 unspecified atom stereocenters. The molecular weight excluding hydrogens is 217 g/mol. The number of hydrogen-bond donors (Lipinski definition) is 2. The SMILES string of the molecule is CC(CCN)NCc1ccc(F)c(F)c1F. The summed E-state index contributed by atoms with van der Waals surface area (Å²) in [7, 11) is 0. The van der Waals surface area contributed by atoms with Crippen molar-refractivity contribution < 1.29 is 13.2 Å². The van der Waals surface area contributed by atoms with Gasteiger partial charge in [-0.15, -0.1) is 0 Å². The Balaban J connectivity index is 2.64. The Kier molecular flexibility index (Phi) is 4.76. The normalized spacial score (nSPS) is 12.8. The molecule has 0 amide bonds. The fraction of sp³-hybridized carbons (Fsp3) is 0.455. The van der Waals surface area contributed by atoms with Crippen LogP contribution in [0.15, 0.2) is 12.1 Å². The summed E-state index contributed by atoms with van der Waals surface area (Å²) in [5, 5.41) is 2.98. The van der Waals surface area contributed by atoms with E-state index in [-0.39, 0.29) is 18.2 Å². The summed E-state index contributed by atoms with van der Waals surface area (Å²) in [5.74, 6) is -3.73. The summed E-state index contributed by atoms with van der Waals surface area (Å²) in [6, 6.07) is 2.26. The molecule has 0 fully saturated rings. The van der Waals surface area contributed by atoms with Gasteiger partial charge in [-0.2, -0.15) is 0 Å². The third-order valence-electron chi connectivity index (χ3n) is 2.36. The first-order valence-electron chi connectivity index (χ1n) is 5.12. The van der Waals surface area contributed by atoms with Crippen molar-refractivity contribution in [3.05, 3.63) is 35.1 Å². The van der Waals surface area contributed by atoms with Gasteiger partial charge in [0.1, 0.15) is 0 Å². The summed E-state index contributed by atoms with van der Waals surface area (Å²) in [4.78, 5) is 0. The second-order valence-corrected chi connectivity index (χ2v) is 3.69. The van der Waals surface area contributed by atoms with Crippen LogP contribution in [0.2, 0.25) is 0 Å². The zero-order valence-corrected chi connectivity index (χ0v) is 9.06. The Morgan fingerprint density at radius 2 is 1.94 bits per heavy atom. The lowest BCUT2D eigenvalue weighted by Gasteiger charge is -2.13. The molecule has 0 saturated carbocycles. The van der Waals surface area contributed by atoms with Crippen molar-refractivity contribution >= 4 is 0 Å². The van der Waals surface area contributed by atoms with E-state index in [0.717, 1.165) is 12.5 Å². The molecule has 2 nitrogen and oxygen atoms in total. The molecule has 0 bridgehead atoms. The highest BCUT2D eigenvalue weighted by atomic mass is 19.2. The van der Waals surface area contributed by atoms with Crippen LogP contribution in [0.25, 0.3) is 0 Å². The van der Waals surface area contributed by atoms with E-state index in [9.17, 15) is 13.2 Å². The van der Waals surface area contributed by atoms with Gasteiger partial charge in [0.05, 0.1) is 0 Å². The summed E-state index contributed by atoms with van der Waals surface area (Å²) < 4.78 is 38.7. The van der Waals surface area contributed by atoms with Crippen molar-refractivity contribution in [2.24, 2.45) is 5.73 Å². The van der Waals surface area contributed by atoms with Gasteiger partial charge < -0.3 is 11.1 Å². The van der Waals surface area contributed by atoms with Gasteiger partial charge in [-0.25, -0.2) is 13.2 Å². The van der Waals surface area contributed by atoms with E-state index < -0.39 is 17.5 Å². The third kappa shape index (κ3) is 3.21. The molecule has 16 heavy (non-hydrogen) atoms. The topological polar surface area (TPSA) is 38.0 Å². The Morgan fingerprint density at radius 1 is 1.25 bits per heavy atom. The highest BCUT2D eigenvalue weighted by Crippen LogP contribution is 2.15. The lowest BCUT2D eigenvalue weighted by Crippen LogP contribution is -2.28. The molecule has 1 aromatic carbocycles. The van der Waals surface area contributed by atoms with Gasteiger partial charge in [-0.05, 0) is 26.0 Å². The number of hydrogen-bond acceptors (Lipinski definition) is 2. The van der Waals surface area contributed by atoms with Crippen molar-refractivity contribution in [1.82, 2.24) is 5.32 Å². The Bertz CT molecular complexity index is 355. The van der Waals surface area contributed by atoms with Crippen LogP contribution in [0.3, 0.4) is 0 Å². The summed E-state index contributed by atoms with van der Waals surface area (Å²) in [5.41, 5.74) is 5.46. The molecule has 1 rings (SSSR count). The molecule has 0 aliphatic carbocycles. The first kappa shape index (κ1) is 13.0. The van der Waals surface area contributed by atoms with Crippen molar-refractivity contribution in [3.63, 3.8) is 0 Å². The summed E-state index contributed by atoms with van der Waals surface area (Å²) in [6.07, 6.45) is 0.741. The summed E-state index contributed by atoms with van der Waals surface area (Å²) in [6.45, 7) is 2.57. The van der Waals surface area contributed by atoms with E-state index in [2.05, 4.69) is 5.32 Å². The summed E-state index contributed by atoms with van der Waals surface area (Å²) >= 11 is 0. The minimum atomic E-state index is -1.43. The molecule has 1 aromatic rings. The van der Waals surface area contributed by atoms with Gasteiger partial charge in [0.15, 0.2) is 17.5 Å². The van der Waals surface area contributed by atoms with Gasteiger partial charge >= 0.3 is 0 Å². The van der Waals surface area contributed by atoms with Gasteiger partial charge in [-0.3, -0.25) is 0 Å². The molecule has 5 heteroatoms. The highest BCUT2D eigenvalue weighted by molar-refractivity contribution is 5.20. The van der Waals surface area contributed by atoms with Crippen molar-refractivity contribution in [2.45, 2.75) is 25.9 Å². The second kappa shape index (κ2) is 5.86. The molecule has 0 spiro atoms. The maximum atomic E-state index is 13.2. The van der Waals surface area contributed by atoms with E-state index in [0.29, 0.717) is 6.54 Å². The molecule has 0 radical (unpaired) electrons. The van der Waals surface area contributed by atoms with Crippen LogP contribution in [0.5, 0.6) is 0 Å². The second-order valence-electron chi connectivity index (χ2n) is 3.69. The largest absolute Gasteiger partial charge is 0.330 e. The van der Waals surface area contributed by atoms with Crippen LogP contribution < -0.4 is 11.1 Å². The van der Waals surface area contributed by atoms with Crippen LogP contribution in [-0.4, -0.2) is 12.6 Å². The molecule has 0 saturated heterocycles. The van der Waals surface area contributed by atoms with Gasteiger partial charge in [0.25, 0.3) is 0 Å². The number of nitrogens with two attached hydrogens (primary N) is 1. The maximum absolute atomic E-state index is 13.2. The van der Waals surface area contributed by atoms with E-state index in [4.69, 9.17) is 5.73 Å². The Labute approximate surface area is 92.6 Å². The third-order valence-corrected chi connectivity index (χ3v) is 2.36. The average Bonchev–Trinajstić information content (AvgIpc) is 2.25. The number of benzene rings is 1. The zero-order valence-electron chi connectivity index (χ0n) is 9.06. The Hall–Kier alpha value is -1.07. The molecule has 90 valence electrons. The average molecular weight is 232 g/mol. The van der Waals surface area contributed by atoms with Crippen LogP contribution in [0, 0.1) is 17.5 Å². The van der Waals surface area contributed by atoms with Crippen molar-refractivity contribution in [1.29, 1.82) is 0 Å². The lowest BCUT2D eigenvalue weighted by molar-refractivity contribution is 0.433. The lowest BCUT2D eigenvalue weighted by atomic mass is 10.1. The van der Waals surface area contributed by atoms with Crippen LogP contribution >= 0.6 is 0 Å². The van der Waals surface area contributed by atoms with E-state index in [1.54, 1.807) is 0 Å². The monoisotopic (exact) mass is 232 g/mol. The van der Waals surface area contributed by atoms with Gasteiger partial charge in [0.2, 0.25) is 0 Å². The molecule has 0 aliphatic heterocycles. The van der Waals surface area contributed by atoms with Crippen LogP contribution in [-0.2, 0) is 6.54 Å². The minimum absolute atomic E-state index is 0.109. The van der Waals surface area contributed by atoms with Gasteiger partial charge in [-0.1, -0.05) is 6.07 Å². The predicted molar refractivity (Wildman–Crippen MR) is 56.3 cm³/mol. The Morgan fingerprint density at radius 3 is 2.56 bits per heavy atom. The standard InChI is InChI=1S/C11H15F3N2/c1-7(4-5-15)16-6-8-2-3-9(12)11(14)10(8)13/h2-3,7,16H,4-6,15H2,1H3. The highest BCUT2D eigenvalue weighted by Gasteiger charge is 2.13. The first-order valence-corrected chi connectivity index (χ1v) is 5.12. The predicted octanol–water partition coefficient (Wildman–Crippen LogP) is 1.93. The number of rotatable bonds is 5. The molecule has 0 aliphatic rings. The molecule has 3 N–H and O–H groups in total. The van der Waals surface area contributed by atoms with Gasteiger partial charge in [0, 0.05) is 18.2 Å². The van der Waals surface area contributed by atoms with Crippen molar-refractivity contribution in [3.8, 4) is 0 Å². The van der Waals surface area contributed by atoms with Crippen molar-refractivity contribution in [2.75, 3.05) is 6.54 Å². The molecule has 0 heterocycles. The van der Waals surface area contributed by atoms with E-state index >= 15 is 0 Å². The van der Waals surface area contributed by atoms with Crippen LogP contribution in [0.1, 0.15) is 18.9 Å². The smallest absolute Gasteiger partial charge is 0.194 e. The van der Waals surface area contributed by atoms with E-state index in [1.165, 1.54) is 6.07 Å². The quantitative estimate of drug-likeness (QED) is 0.761. The molecular formula is C11H15F3N2. The number of halogens is 3. The minimum Gasteiger partial charge on any atom is -0.330 e. The maximum Gasteiger partial charge on any atom is 0.194 e. The molecule has 0 aromatic heterocycles. The fourth-order valence-electron chi connectivity index (χ4n) is 1.34. The molecule has 1 atom stereocenters. The van der Waals surface area contributed by atoms with E-state index in [1.807, 2.05) is 6.92 Å². The first-order chi connectivity index (χ1) is 7.56. The number of nitrogens with one attached hydrogen (secondary N) is 1.